The molecule has 1 aliphatic heterocycles. The summed E-state index contributed by atoms with van der Waals surface area (Å²) in [5.74, 6) is -3.79. The topological polar surface area (TPSA) is 129 Å². The van der Waals surface area contributed by atoms with E-state index >= 15 is 4.39 Å². The SMILES string of the molecule is C=CC(=O)N1CCN(c2nc(=O)n(-c3c(C)cccc3S(C)(=O)=O)c3nc(-c4c(F)cccc4F)c(F)cc23)CC1CC#N. The molecular weight excluding hydrogens is 597 g/mol. The van der Waals surface area contributed by atoms with E-state index in [0.29, 0.717) is 5.56 Å². The lowest BCUT2D eigenvalue weighted by Gasteiger charge is -2.41. The van der Waals surface area contributed by atoms with Gasteiger partial charge in [-0.2, -0.15) is 10.2 Å². The molecule has 1 unspecified atom stereocenters. The Bertz CT molecular complexity index is 2040. The van der Waals surface area contributed by atoms with Crippen LogP contribution >= 0.6 is 0 Å². The fourth-order valence-electron chi connectivity index (χ4n) is 5.40. The molecule has 1 aliphatic rings. The highest BCUT2D eigenvalue weighted by molar-refractivity contribution is 7.90. The Morgan fingerprint density at radius 2 is 1.80 bits per heavy atom. The van der Waals surface area contributed by atoms with Crippen molar-refractivity contribution in [1.82, 2.24) is 19.4 Å². The molecule has 3 heterocycles. The van der Waals surface area contributed by atoms with Crippen molar-refractivity contribution in [1.29, 1.82) is 5.26 Å². The smallest absolute Gasteiger partial charge is 0.352 e. The van der Waals surface area contributed by atoms with Crippen LogP contribution in [0.2, 0.25) is 0 Å². The summed E-state index contributed by atoms with van der Waals surface area (Å²) in [5, 5.41) is 9.33. The molecule has 0 spiro atoms. The number of aryl methyl sites for hydroxylation is 1. The Hall–Kier alpha value is -5.03. The molecule has 4 aromatic rings. The molecular formula is C30H25F3N6O4S. The lowest BCUT2D eigenvalue weighted by molar-refractivity contribution is -0.128. The van der Waals surface area contributed by atoms with Crippen LogP contribution in [0.4, 0.5) is 19.0 Å². The van der Waals surface area contributed by atoms with Gasteiger partial charge in [-0.3, -0.25) is 4.79 Å². The number of fused-ring (bicyclic) bond motifs is 1. The monoisotopic (exact) mass is 622 g/mol. The third-order valence-electron chi connectivity index (χ3n) is 7.39. The zero-order valence-corrected chi connectivity index (χ0v) is 24.4. The second kappa shape index (κ2) is 11.6. The van der Waals surface area contributed by atoms with Crippen molar-refractivity contribution in [3.8, 4) is 23.0 Å². The Morgan fingerprint density at radius 1 is 1.11 bits per heavy atom. The van der Waals surface area contributed by atoms with E-state index in [-0.39, 0.29) is 53.5 Å². The van der Waals surface area contributed by atoms with Crippen LogP contribution in [0.5, 0.6) is 0 Å². The number of carbonyl (C=O) groups excluding carboxylic acids is 1. The Morgan fingerprint density at radius 3 is 2.43 bits per heavy atom. The van der Waals surface area contributed by atoms with Gasteiger partial charge in [0, 0.05) is 25.9 Å². The predicted molar refractivity (Wildman–Crippen MR) is 156 cm³/mol. The largest absolute Gasteiger partial charge is 0.355 e. The van der Waals surface area contributed by atoms with Crippen LogP contribution in [-0.4, -0.2) is 65.7 Å². The number of halogens is 3. The maximum Gasteiger partial charge on any atom is 0.355 e. The van der Waals surface area contributed by atoms with Crippen molar-refractivity contribution in [2.45, 2.75) is 24.3 Å². The van der Waals surface area contributed by atoms with Crippen molar-refractivity contribution in [2.24, 2.45) is 0 Å². The minimum atomic E-state index is -3.93. The van der Waals surface area contributed by atoms with E-state index in [1.54, 1.807) is 17.9 Å². The summed E-state index contributed by atoms with van der Waals surface area (Å²) >= 11 is 0. The van der Waals surface area contributed by atoms with Gasteiger partial charge in [-0.25, -0.2) is 35.9 Å². The summed E-state index contributed by atoms with van der Waals surface area (Å²) in [7, 11) is -3.93. The normalized spacial score (nSPS) is 15.3. The highest BCUT2D eigenvalue weighted by Crippen LogP contribution is 2.34. The van der Waals surface area contributed by atoms with Gasteiger partial charge in [0.1, 0.15) is 23.1 Å². The molecule has 1 amide bonds. The van der Waals surface area contributed by atoms with Gasteiger partial charge < -0.3 is 9.80 Å². The number of piperazine rings is 1. The Labute approximate surface area is 250 Å². The first-order valence-electron chi connectivity index (χ1n) is 13.3. The highest BCUT2D eigenvalue weighted by atomic mass is 32.2. The molecule has 226 valence electrons. The summed E-state index contributed by atoms with van der Waals surface area (Å²) in [6, 6.07) is 9.61. The number of aromatic nitrogens is 3. The van der Waals surface area contributed by atoms with E-state index in [1.165, 1.54) is 17.0 Å². The van der Waals surface area contributed by atoms with Crippen LogP contribution in [0, 0.1) is 35.7 Å². The van der Waals surface area contributed by atoms with Crippen molar-refractivity contribution < 1.29 is 26.4 Å². The van der Waals surface area contributed by atoms with Gasteiger partial charge in [-0.05, 0) is 42.8 Å². The quantitative estimate of drug-likeness (QED) is 0.298. The zero-order valence-electron chi connectivity index (χ0n) is 23.6. The van der Waals surface area contributed by atoms with Crippen LogP contribution in [0.25, 0.3) is 28.0 Å². The number of benzene rings is 2. The first kappa shape index (κ1) is 30.4. The minimum Gasteiger partial charge on any atom is -0.352 e. The molecule has 0 aliphatic carbocycles. The molecule has 0 bridgehead atoms. The molecule has 0 radical (unpaired) electrons. The number of pyridine rings is 1. The number of amides is 1. The van der Waals surface area contributed by atoms with Crippen LogP contribution in [-0.2, 0) is 14.6 Å². The van der Waals surface area contributed by atoms with Gasteiger partial charge in [0.25, 0.3) is 0 Å². The molecule has 0 N–H and O–H groups in total. The van der Waals surface area contributed by atoms with E-state index in [2.05, 4.69) is 16.5 Å². The molecule has 1 fully saturated rings. The first-order valence-corrected chi connectivity index (χ1v) is 15.2. The van der Waals surface area contributed by atoms with Gasteiger partial charge in [-0.15, -0.1) is 0 Å². The molecule has 44 heavy (non-hydrogen) atoms. The van der Waals surface area contributed by atoms with Crippen LogP contribution < -0.4 is 10.6 Å². The molecule has 14 heteroatoms. The third-order valence-corrected chi connectivity index (χ3v) is 8.52. The van der Waals surface area contributed by atoms with E-state index < -0.39 is 56.2 Å². The number of hydrogen-bond acceptors (Lipinski definition) is 8. The molecule has 1 saturated heterocycles. The van der Waals surface area contributed by atoms with Crippen molar-refractivity contribution in [3.05, 3.63) is 88.6 Å². The van der Waals surface area contributed by atoms with Crippen molar-refractivity contribution in [3.63, 3.8) is 0 Å². The molecule has 0 saturated carbocycles. The predicted octanol–water partition coefficient (Wildman–Crippen LogP) is 3.69. The average molecular weight is 623 g/mol. The number of carbonyl (C=O) groups is 1. The van der Waals surface area contributed by atoms with E-state index in [4.69, 9.17) is 0 Å². The number of nitriles is 1. The lowest BCUT2D eigenvalue weighted by Crippen LogP contribution is -2.55. The summed E-state index contributed by atoms with van der Waals surface area (Å²) in [6.07, 6.45) is 2.02. The zero-order chi connectivity index (χ0) is 31.9. The van der Waals surface area contributed by atoms with E-state index in [1.807, 2.05) is 6.07 Å². The number of para-hydroxylation sites is 1. The van der Waals surface area contributed by atoms with Crippen molar-refractivity contribution in [2.75, 3.05) is 30.8 Å². The maximum absolute atomic E-state index is 15.8. The fourth-order valence-corrected chi connectivity index (χ4v) is 6.33. The van der Waals surface area contributed by atoms with Gasteiger partial charge in [0.15, 0.2) is 21.3 Å². The first-order chi connectivity index (χ1) is 20.9. The van der Waals surface area contributed by atoms with Crippen LogP contribution in [0.15, 0.2) is 64.8 Å². The molecule has 2 aromatic carbocycles. The molecule has 10 nitrogen and oxygen atoms in total. The molecule has 2 aromatic heterocycles. The minimum absolute atomic E-state index is 0.0307. The summed E-state index contributed by atoms with van der Waals surface area (Å²) in [5.41, 5.74) is -2.58. The van der Waals surface area contributed by atoms with Crippen LogP contribution in [0.1, 0.15) is 12.0 Å². The third kappa shape index (κ3) is 5.30. The molecule has 5 rings (SSSR count). The second-order valence-electron chi connectivity index (χ2n) is 10.2. The summed E-state index contributed by atoms with van der Waals surface area (Å²) < 4.78 is 71.9. The Balaban J connectivity index is 1.85. The van der Waals surface area contributed by atoms with E-state index in [9.17, 15) is 32.0 Å². The highest BCUT2D eigenvalue weighted by Gasteiger charge is 2.33. The standard InChI is InChI=1S/C30H25F3N6O4S/c1-4-24(40)38-14-13-37(16-18(38)11-12-34)28-19-15-22(33)26(25-20(31)8-6-9-21(25)32)35-29(19)39(30(41)36-28)27-17(2)7-5-10-23(27)44(3,42)43/h4-10,15,18H,1,11,13-14,16H2,2-3H3. The van der Waals surface area contributed by atoms with Crippen LogP contribution in [0.3, 0.4) is 0 Å². The maximum atomic E-state index is 15.8. The number of anilines is 1. The summed E-state index contributed by atoms with van der Waals surface area (Å²) in [6.45, 7) is 5.32. The number of hydrogen-bond donors (Lipinski definition) is 0. The van der Waals surface area contributed by atoms with Gasteiger partial charge in [0.2, 0.25) is 5.91 Å². The van der Waals surface area contributed by atoms with Gasteiger partial charge >= 0.3 is 5.69 Å². The number of rotatable bonds is 6. The van der Waals surface area contributed by atoms with E-state index in [0.717, 1.165) is 41.2 Å². The van der Waals surface area contributed by atoms with Crippen molar-refractivity contribution >= 4 is 32.6 Å². The Kier molecular flexibility index (Phi) is 8.00. The lowest BCUT2D eigenvalue weighted by atomic mass is 10.1. The molecule has 1 atom stereocenters. The fraction of sp³-hybridized carbons (Fsp3) is 0.233. The number of sulfone groups is 1. The van der Waals surface area contributed by atoms with Gasteiger partial charge in [0.05, 0.1) is 40.1 Å². The second-order valence-corrected chi connectivity index (χ2v) is 12.2. The average Bonchev–Trinajstić information content (AvgIpc) is 2.97. The summed E-state index contributed by atoms with van der Waals surface area (Å²) in [4.78, 5) is 37.5. The van der Waals surface area contributed by atoms with Gasteiger partial charge in [-0.1, -0.05) is 24.8 Å². The number of nitrogens with zero attached hydrogens (tertiary/aromatic N) is 6.